The third-order valence-electron chi connectivity index (χ3n) is 7.88. The quantitative estimate of drug-likeness (QED) is 0.148. The zero-order valence-corrected chi connectivity index (χ0v) is 31.6. The van der Waals surface area contributed by atoms with Crippen molar-refractivity contribution in [2.24, 2.45) is 0 Å². The number of esters is 2. The summed E-state index contributed by atoms with van der Waals surface area (Å²) in [6, 6.07) is 8.16. The normalized spacial score (nSPS) is 13.1. The van der Waals surface area contributed by atoms with E-state index in [2.05, 4.69) is 83.1 Å². The Labute approximate surface area is 280 Å². The van der Waals surface area contributed by atoms with Crippen molar-refractivity contribution in [3.63, 3.8) is 0 Å². The van der Waals surface area contributed by atoms with Crippen molar-refractivity contribution in [1.29, 1.82) is 0 Å². The summed E-state index contributed by atoms with van der Waals surface area (Å²) in [4.78, 5) is 27.1. The van der Waals surface area contributed by atoms with Gasteiger partial charge in [0, 0.05) is 44.9 Å². The Morgan fingerprint density at radius 2 is 0.800 bits per heavy atom. The van der Waals surface area contributed by atoms with Gasteiger partial charge in [0.1, 0.15) is 11.5 Å². The summed E-state index contributed by atoms with van der Waals surface area (Å²) in [5.41, 5.74) is 2.06. The Bertz CT molecular complexity index is 1190. The molecule has 0 saturated carbocycles. The van der Waals surface area contributed by atoms with E-state index in [1.54, 1.807) is 23.5 Å². The maximum atomic E-state index is 12.6. The molecule has 2 aromatic carbocycles. The van der Waals surface area contributed by atoms with E-state index in [9.17, 15) is 19.8 Å². The van der Waals surface area contributed by atoms with Crippen LogP contribution >= 0.6 is 23.5 Å². The van der Waals surface area contributed by atoms with Gasteiger partial charge in [-0.15, -0.1) is 23.5 Å². The number of thioether (sulfide) groups is 2. The lowest BCUT2D eigenvalue weighted by atomic mass is 9.79. The van der Waals surface area contributed by atoms with Gasteiger partial charge >= 0.3 is 11.9 Å². The van der Waals surface area contributed by atoms with Crippen LogP contribution in [-0.4, -0.2) is 40.5 Å². The minimum atomic E-state index is -0.703. The van der Waals surface area contributed by atoms with Crippen LogP contribution in [0.25, 0.3) is 0 Å². The maximum absolute atomic E-state index is 12.6. The van der Waals surface area contributed by atoms with E-state index in [1.165, 1.54) is 14.2 Å². The van der Waals surface area contributed by atoms with Gasteiger partial charge in [0.25, 0.3) is 0 Å². The van der Waals surface area contributed by atoms with E-state index in [-0.39, 0.29) is 46.4 Å². The molecule has 0 fully saturated rings. The second-order valence-electron chi connectivity index (χ2n) is 16.0. The Balaban J connectivity index is 2.93. The highest BCUT2D eigenvalue weighted by Gasteiger charge is 2.37. The Morgan fingerprint density at radius 3 is 1.00 bits per heavy atom. The molecule has 0 heterocycles. The average Bonchev–Trinajstić information content (AvgIpc) is 2.89. The van der Waals surface area contributed by atoms with Crippen molar-refractivity contribution in [3.05, 3.63) is 46.5 Å². The van der Waals surface area contributed by atoms with Gasteiger partial charge in [0.15, 0.2) is 0 Å². The van der Waals surface area contributed by atoms with Crippen molar-refractivity contribution in [2.45, 2.75) is 144 Å². The fourth-order valence-electron chi connectivity index (χ4n) is 5.19. The molecule has 0 unspecified atom stereocenters. The van der Waals surface area contributed by atoms with Gasteiger partial charge in [-0.1, -0.05) is 83.1 Å². The van der Waals surface area contributed by atoms with Gasteiger partial charge in [-0.2, -0.15) is 0 Å². The first kappa shape index (κ1) is 38.9. The fourth-order valence-corrected chi connectivity index (χ4v) is 8.32. The van der Waals surface area contributed by atoms with Crippen LogP contribution in [0, 0.1) is 0 Å². The lowest BCUT2D eigenvalue weighted by Gasteiger charge is -2.35. The van der Waals surface area contributed by atoms with Crippen molar-refractivity contribution < 1.29 is 29.3 Å². The molecule has 0 aliphatic carbocycles. The van der Waals surface area contributed by atoms with Crippen LogP contribution in [0.5, 0.6) is 11.5 Å². The first-order valence-corrected chi connectivity index (χ1v) is 17.3. The number of phenolic OH excluding ortho intramolecular Hbond substituents is 2. The molecule has 2 N–H and O–H groups in total. The molecule has 2 rings (SSSR count). The van der Waals surface area contributed by atoms with Gasteiger partial charge < -0.3 is 19.7 Å². The van der Waals surface area contributed by atoms with E-state index < -0.39 is 4.08 Å². The number of benzene rings is 2. The number of carbonyl (C=O) groups excluding carboxylic acids is 2. The Kier molecular flexibility index (Phi) is 12.3. The van der Waals surface area contributed by atoms with Crippen molar-refractivity contribution in [3.8, 4) is 11.5 Å². The molecule has 0 atom stereocenters. The molecule has 0 spiro atoms. The van der Waals surface area contributed by atoms with E-state index >= 15 is 0 Å². The van der Waals surface area contributed by atoms with Gasteiger partial charge in [-0.25, -0.2) is 0 Å². The summed E-state index contributed by atoms with van der Waals surface area (Å²) in [6.07, 6.45) is 1.15. The molecule has 45 heavy (non-hydrogen) atoms. The van der Waals surface area contributed by atoms with Crippen LogP contribution in [0.15, 0.2) is 34.1 Å². The number of methoxy groups -OCH3 is 2. The molecule has 0 bridgehead atoms. The van der Waals surface area contributed by atoms with E-state index in [0.29, 0.717) is 24.3 Å². The predicted octanol–water partition coefficient (Wildman–Crippen LogP) is 9.77. The first-order chi connectivity index (χ1) is 20.3. The lowest BCUT2D eigenvalue weighted by Crippen LogP contribution is -2.25. The molecule has 0 aromatic heterocycles. The number of rotatable bonds is 10. The first-order valence-electron chi connectivity index (χ1n) is 15.6. The number of ether oxygens (including phenoxy) is 2. The van der Waals surface area contributed by atoms with E-state index in [0.717, 1.165) is 32.0 Å². The van der Waals surface area contributed by atoms with E-state index in [4.69, 9.17) is 9.47 Å². The zero-order valence-electron chi connectivity index (χ0n) is 30.0. The Morgan fingerprint density at radius 1 is 0.556 bits per heavy atom. The maximum Gasteiger partial charge on any atom is 0.305 e. The molecular formula is C37H56O6S2. The highest BCUT2D eigenvalue weighted by Crippen LogP contribution is 2.55. The minimum Gasteiger partial charge on any atom is -0.507 e. The third kappa shape index (κ3) is 10.3. The van der Waals surface area contributed by atoms with Gasteiger partial charge in [-0.05, 0) is 58.8 Å². The van der Waals surface area contributed by atoms with Gasteiger partial charge in [0.2, 0.25) is 0 Å². The number of aromatic hydroxyl groups is 2. The molecular weight excluding hydrogens is 605 g/mol. The third-order valence-corrected chi connectivity index (χ3v) is 10.9. The Hall–Kier alpha value is -2.32. The smallest absolute Gasteiger partial charge is 0.305 e. The molecule has 252 valence electrons. The van der Waals surface area contributed by atoms with Crippen LogP contribution in [0.4, 0.5) is 0 Å². The van der Waals surface area contributed by atoms with Crippen molar-refractivity contribution >= 4 is 35.5 Å². The topological polar surface area (TPSA) is 93.1 Å². The number of hydrogen-bond donors (Lipinski definition) is 2. The number of phenols is 2. The summed E-state index contributed by atoms with van der Waals surface area (Å²) in [6.45, 7) is 25.0. The molecule has 2 aromatic rings. The summed E-state index contributed by atoms with van der Waals surface area (Å²) in [5, 5.41) is 22.8. The summed E-state index contributed by atoms with van der Waals surface area (Å²) in [5.74, 6) is -0.0621. The van der Waals surface area contributed by atoms with Crippen LogP contribution in [0.1, 0.15) is 131 Å². The number of hydrogen-bond acceptors (Lipinski definition) is 8. The average molecular weight is 661 g/mol. The SMILES string of the molecule is COC(=O)CCC(CCC(=O)OC)(Sc1cc(C(C)(C)C)c(O)c(C(C)(C)C)c1)Sc1cc(C(C)(C)C)c(O)c(C(C)(C)C)c1. The predicted molar refractivity (Wildman–Crippen MR) is 188 cm³/mol. The van der Waals surface area contributed by atoms with Crippen molar-refractivity contribution in [1.82, 2.24) is 0 Å². The summed E-state index contributed by atoms with van der Waals surface area (Å²) >= 11 is 3.22. The lowest BCUT2D eigenvalue weighted by molar-refractivity contribution is -0.141. The van der Waals surface area contributed by atoms with Crippen molar-refractivity contribution in [2.75, 3.05) is 14.2 Å². The molecule has 0 aliphatic heterocycles. The molecule has 0 saturated heterocycles. The number of carbonyl (C=O) groups is 2. The molecule has 0 radical (unpaired) electrons. The molecule has 8 heteroatoms. The van der Waals surface area contributed by atoms with Crippen LogP contribution in [0.2, 0.25) is 0 Å². The standard InChI is InChI=1S/C37H56O6S2/c1-33(2,3)25-19-23(20-26(31(25)40)34(4,5)6)44-37(17-15-29(38)42-13,18-16-30(39)43-14)45-24-21-27(35(7,8)9)32(41)28(22-24)36(10,11)12/h19-22,40-41H,15-18H2,1-14H3. The van der Waals surface area contributed by atoms with Gasteiger partial charge in [-0.3, -0.25) is 9.59 Å². The molecule has 6 nitrogen and oxygen atoms in total. The minimum absolute atomic E-state index is 0.157. The summed E-state index contributed by atoms with van der Waals surface area (Å²) < 4.78 is 9.43. The second-order valence-corrected chi connectivity index (χ2v) is 19.2. The second kappa shape index (κ2) is 14.2. The largest absolute Gasteiger partial charge is 0.507 e. The molecule has 0 amide bonds. The van der Waals surface area contributed by atoms with Crippen LogP contribution in [0.3, 0.4) is 0 Å². The van der Waals surface area contributed by atoms with Crippen LogP contribution < -0.4 is 0 Å². The van der Waals surface area contributed by atoms with Gasteiger partial charge in [0.05, 0.1) is 18.3 Å². The molecule has 0 aliphatic rings. The highest BCUT2D eigenvalue weighted by molar-refractivity contribution is 8.18. The monoisotopic (exact) mass is 660 g/mol. The highest BCUT2D eigenvalue weighted by atomic mass is 32.2. The van der Waals surface area contributed by atoms with E-state index in [1.807, 2.05) is 24.3 Å². The van der Waals surface area contributed by atoms with Crippen LogP contribution in [-0.2, 0) is 40.7 Å². The zero-order chi connectivity index (χ0) is 34.8. The summed E-state index contributed by atoms with van der Waals surface area (Å²) in [7, 11) is 2.77. The fraction of sp³-hybridized carbons (Fsp3) is 0.622.